The number of sulfone groups is 1. The van der Waals surface area contributed by atoms with Gasteiger partial charge in [0.05, 0.1) is 5.75 Å². The van der Waals surface area contributed by atoms with Crippen molar-refractivity contribution in [2.24, 2.45) is 5.73 Å². The Morgan fingerprint density at radius 2 is 1.73 bits per heavy atom. The summed E-state index contributed by atoms with van der Waals surface area (Å²) >= 11 is 0. The maximum atomic E-state index is 14.2. The molecule has 2 aliphatic rings. The van der Waals surface area contributed by atoms with Crippen LogP contribution in [-0.2, 0) is 28.9 Å². The number of carbonyl (C=O) groups is 2. The van der Waals surface area contributed by atoms with Crippen LogP contribution < -0.4 is 15.8 Å². The number of benzene rings is 2. The van der Waals surface area contributed by atoms with Crippen molar-refractivity contribution in [2.45, 2.75) is 69.1 Å². The van der Waals surface area contributed by atoms with Crippen LogP contribution in [0.15, 0.2) is 54.6 Å². The van der Waals surface area contributed by atoms with E-state index in [1.54, 1.807) is 24.3 Å². The van der Waals surface area contributed by atoms with Gasteiger partial charge >= 0.3 is 6.03 Å². The maximum Gasteiger partial charge on any atom is 0.317 e. The zero-order valence-electron chi connectivity index (χ0n) is 23.3. The van der Waals surface area contributed by atoms with E-state index in [1.165, 1.54) is 4.90 Å². The van der Waals surface area contributed by atoms with Crippen LogP contribution in [-0.4, -0.2) is 68.6 Å². The van der Waals surface area contributed by atoms with Crippen molar-refractivity contribution in [2.75, 3.05) is 25.4 Å². The third-order valence-corrected chi connectivity index (χ3v) is 9.62. The van der Waals surface area contributed by atoms with Gasteiger partial charge in [-0.2, -0.15) is 0 Å². The number of hydrogen-bond donors (Lipinski definition) is 2. The first-order valence-corrected chi connectivity index (χ1v) is 15.3. The van der Waals surface area contributed by atoms with Gasteiger partial charge in [0.25, 0.3) is 0 Å². The molecule has 2 aliphatic heterocycles. The van der Waals surface area contributed by atoms with Gasteiger partial charge in [-0.25, -0.2) is 13.2 Å². The molecule has 3 unspecified atom stereocenters. The van der Waals surface area contributed by atoms with Crippen LogP contribution >= 0.6 is 0 Å². The summed E-state index contributed by atoms with van der Waals surface area (Å²) in [6, 6.07) is 15.4. The van der Waals surface area contributed by atoms with Gasteiger partial charge in [0.2, 0.25) is 5.91 Å². The van der Waals surface area contributed by atoms with Gasteiger partial charge in [-0.15, -0.1) is 0 Å². The van der Waals surface area contributed by atoms with Crippen LogP contribution in [0.1, 0.15) is 52.0 Å². The van der Waals surface area contributed by atoms with Gasteiger partial charge in [0.1, 0.15) is 16.2 Å². The first kappa shape index (κ1) is 29.8. The summed E-state index contributed by atoms with van der Waals surface area (Å²) in [7, 11) is -4.10. The molecule has 4 rings (SSSR count). The molecular weight excluding hydrogens is 534 g/mol. The molecule has 40 heavy (non-hydrogen) atoms. The average molecular weight is 574 g/mol. The predicted molar refractivity (Wildman–Crippen MR) is 151 cm³/mol. The lowest BCUT2D eigenvalue weighted by atomic mass is 9.88. The molecule has 11 heteroatoms. The van der Waals surface area contributed by atoms with Crippen LogP contribution in [0.5, 0.6) is 11.5 Å². The molecule has 3 amide bonds. The number of primary amides is 1. The molecule has 10 nitrogen and oxygen atoms in total. The lowest BCUT2D eigenvalue weighted by Crippen LogP contribution is -2.56. The lowest BCUT2D eigenvalue weighted by Gasteiger charge is -2.40. The summed E-state index contributed by atoms with van der Waals surface area (Å²) in [5, 5.41) is 2.89. The first-order valence-electron chi connectivity index (χ1n) is 13.6. The third-order valence-electron chi connectivity index (χ3n) is 7.14. The van der Waals surface area contributed by atoms with Gasteiger partial charge in [0, 0.05) is 25.2 Å². The number of nitrogens with two attached hydrogens (primary N) is 1. The van der Waals surface area contributed by atoms with E-state index in [2.05, 4.69) is 5.32 Å². The van der Waals surface area contributed by atoms with E-state index in [4.69, 9.17) is 19.9 Å². The molecule has 0 aromatic heterocycles. The van der Waals surface area contributed by atoms with Crippen molar-refractivity contribution >= 4 is 21.8 Å². The highest BCUT2D eigenvalue weighted by atomic mass is 32.2. The Labute approximate surface area is 236 Å². The summed E-state index contributed by atoms with van der Waals surface area (Å²) < 4.78 is 44.3. The fourth-order valence-corrected chi connectivity index (χ4v) is 7.38. The molecule has 218 valence electrons. The van der Waals surface area contributed by atoms with Crippen molar-refractivity contribution in [3.05, 3.63) is 60.2 Å². The van der Waals surface area contributed by atoms with E-state index in [0.29, 0.717) is 30.1 Å². The summed E-state index contributed by atoms with van der Waals surface area (Å²) in [4.78, 5) is 27.5. The van der Waals surface area contributed by atoms with E-state index < -0.39 is 38.4 Å². The Morgan fingerprint density at radius 1 is 1.05 bits per heavy atom. The molecule has 2 aromatic carbocycles. The third kappa shape index (κ3) is 6.76. The highest BCUT2D eigenvalue weighted by Crippen LogP contribution is 2.43. The number of nitrogens with one attached hydrogen (secondary N) is 1. The number of para-hydroxylation sites is 1. The van der Waals surface area contributed by atoms with Crippen LogP contribution in [0.4, 0.5) is 4.79 Å². The van der Waals surface area contributed by atoms with Gasteiger partial charge in [-0.05, 0) is 76.3 Å². The van der Waals surface area contributed by atoms with Crippen molar-refractivity contribution in [1.29, 1.82) is 0 Å². The fraction of sp³-hybridized carbons (Fsp3) is 0.517. The number of carbonyl (C=O) groups excluding carboxylic acids is 2. The maximum absolute atomic E-state index is 14.2. The number of amides is 3. The Morgan fingerprint density at radius 3 is 2.33 bits per heavy atom. The summed E-state index contributed by atoms with van der Waals surface area (Å²) in [6.45, 7) is 6.04. The Kier molecular flexibility index (Phi) is 9.06. The zero-order chi connectivity index (χ0) is 29.0. The smallest absolute Gasteiger partial charge is 0.317 e. The standard InChI is InChI=1S/C29H39N3O7S/c1-28(2,3)31-27(34)32-17-16-29(40(35,36)20-18-32,25(26(30)33)39-24-11-7-8-19-37-24)21-12-14-23(15-13-21)38-22-9-5-4-6-10-22/h4-6,9-10,12-15,24-25H,7-8,11,16-20H2,1-3H3,(H2,30,33)(H,31,34). The number of hydrogen-bond acceptors (Lipinski definition) is 7. The van der Waals surface area contributed by atoms with Crippen LogP contribution in [0.25, 0.3) is 0 Å². The molecule has 0 saturated carbocycles. The summed E-state index contributed by atoms with van der Waals surface area (Å²) in [6.07, 6.45) is -0.196. The SMILES string of the molecule is CC(C)(C)NC(=O)N1CCC(c2ccc(Oc3ccccc3)cc2)(C(OC2CCCCO2)C(N)=O)S(=O)(=O)CC1. The molecule has 2 saturated heterocycles. The molecule has 0 aliphatic carbocycles. The van der Waals surface area contributed by atoms with Gasteiger partial charge in [-0.1, -0.05) is 30.3 Å². The molecular formula is C29H39N3O7S. The summed E-state index contributed by atoms with van der Waals surface area (Å²) in [5.41, 5.74) is 5.72. The van der Waals surface area contributed by atoms with Gasteiger partial charge in [0.15, 0.2) is 22.2 Å². The molecule has 0 bridgehead atoms. The van der Waals surface area contributed by atoms with Crippen LogP contribution in [0, 0.1) is 0 Å². The van der Waals surface area contributed by atoms with Gasteiger partial charge in [-0.3, -0.25) is 4.79 Å². The minimum Gasteiger partial charge on any atom is -0.457 e. The van der Waals surface area contributed by atoms with Crippen molar-refractivity contribution in [1.82, 2.24) is 10.2 Å². The van der Waals surface area contributed by atoms with E-state index in [-0.39, 0.29) is 31.3 Å². The minimum atomic E-state index is -4.10. The molecule has 2 aromatic rings. The monoisotopic (exact) mass is 573 g/mol. The summed E-state index contributed by atoms with van der Waals surface area (Å²) in [5.74, 6) is -0.157. The molecule has 2 heterocycles. The van der Waals surface area contributed by atoms with Crippen LogP contribution in [0.2, 0.25) is 0 Å². The van der Waals surface area contributed by atoms with E-state index in [0.717, 1.165) is 12.8 Å². The molecule has 2 fully saturated rings. The number of nitrogens with zero attached hydrogens (tertiary/aromatic N) is 1. The average Bonchev–Trinajstić information content (AvgIpc) is 3.04. The molecule has 3 atom stereocenters. The second kappa shape index (κ2) is 12.2. The molecule has 0 spiro atoms. The fourth-order valence-electron chi connectivity index (χ4n) is 5.16. The Hall–Kier alpha value is -3.15. The normalized spacial score (nSPS) is 24.0. The van der Waals surface area contributed by atoms with Crippen molar-refractivity contribution < 1.29 is 32.2 Å². The number of ether oxygens (including phenoxy) is 3. The quantitative estimate of drug-likeness (QED) is 0.515. The Balaban J connectivity index is 1.74. The topological polar surface area (TPSA) is 137 Å². The number of rotatable bonds is 7. The van der Waals surface area contributed by atoms with E-state index in [1.807, 2.05) is 51.1 Å². The van der Waals surface area contributed by atoms with Gasteiger partial charge < -0.3 is 30.2 Å². The van der Waals surface area contributed by atoms with Crippen molar-refractivity contribution in [3.8, 4) is 11.5 Å². The minimum absolute atomic E-state index is 0.0351. The highest BCUT2D eigenvalue weighted by molar-refractivity contribution is 7.92. The van der Waals surface area contributed by atoms with E-state index >= 15 is 0 Å². The zero-order valence-corrected chi connectivity index (χ0v) is 24.1. The van der Waals surface area contributed by atoms with Crippen molar-refractivity contribution in [3.63, 3.8) is 0 Å². The first-order chi connectivity index (χ1) is 18.9. The molecule has 0 radical (unpaired) electrons. The second-order valence-electron chi connectivity index (χ2n) is 11.3. The predicted octanol–water partition coefficient (Wildman–Crippen LogP) is 3.70. The van der Waals surface area contributed by atoms with Crippen LogP contribution in [0.3, 0.4) is 0 Å². The molecule has 3 N–H and O–H groups in total. The lowest BCUT2D eigenvalue weighted by molar-refractivity contribution is -0.198. The van der Waals surface area contributed by atoms with E-state index in [9.17, 15) is 18.0 Å². The second-order valence-corrected chi connectivity index (χ2v) is 13.6. The number of urea groups is 1. The Bertz CT molecular complexity index is 1270. The largest absolute Gasteiger partial charge is 0.457 e. The highest BCUT2D eigenvalue weighted by Gasteiger charge is 2.56.